The van der Waals surface area contributed by atoms with E-state index >= 15 is 0 Å². The van der Waals surface area contributed by atoms with Crippen molar-refractivity contribution in [1.82, 2.24) is 4.90 Å². The lowest BCUT2D eigenvalue weighted by Gasteiger charge is -2.21. The van der Waals surface area contributed by atoms with Gasteiger partial charge >= 0.3 is 0 Å². The Morgan fingerprint density at radius 1 is 1.25 bits per heavy atom. The van der Waals surface area contributed by atoms with Crippen LogP contribution in [0.25, 0.3) is 0 Å². The highest BCUT2D eigenvalue weighted by molar-refractivity contribution is 5.91. The molecule has 4 heteroatoms. The Labute approximate surface area is 118 Å². The summed E-state index contributed by atoms with van der Waals surface area (Å²) in [6.07, 6.45) is 4.41. The number of likely N-dealkylation sites (tertiary alicyclic amines) is 1. The number of rotatable bonds is 1. The van der Waals surface area contributed by atoms with Crippen LogP contribution in [-0.2, 0) is 0 Å². The molecule has 0 saturated carbocycles. The first kappa shape index (κ1) is 13.2. The lowest BCUT2D eigenvalue weighted by molar-refractivity contribution is 0.0748. The summed E-state index contributed by atoms with van der Waals surface area (Å²) in [6.45, 7) is 5.38. The fourth-order valence-electron chi connectivity index (χ4n) is 3.32. The number of allylic oxidation sites excluding steroid dienone is 2. The van der Waals surface area contributed by atoms with Crippen molar-refractivity contribution in [2.75, 3.05) is 13.1 Å². The van der Waals surface area contributed by atoms with Crippen LogP contribution in [-0.4, -0.2) is 23.9 Å². The van der Waals surface area contributed by atoms with Gasteiger partial charge in [0.25, 0.3) is 5.91 Å². The van der Waals surface area contributed by atoms with Crippen LogP contribution in [0.1, 0.15) is 36.1 Å². The normalized spacial score (nSPS) is 25.3. The number of fused-ring (bicyclic) bond motifs is 1. The van der Waals surface area contributed by atoms with Gasteiger partial charge in [0, 0.05) is 25.2 Å². The first-order valence-electron chi connectivity index (χ1n) is 7.09. The van der Waals surface area contributed by atoms with Crippen LogP contribution in [0.3, 0.4) is 0 Å². The lowest BCUT2D eigenvalue weighted by atomic mass is 9.83. The number of hydrogen-bond acceptors (Lipinski definition) is 3. The first-order valence-corrected chi connectivity index (χ1v) is 7.09. The Kier molecular flexibility index (Phi) is 3.24. The molecule has 1 aliphatic carbocycles. The minimum Gasteiger partial charge on any atom is -0.456 e. The van der Waals surface area contributed by atoms with E-state index in [-0.39, 0.29) is 17.1 Å². The molecular weight excluding hydrogens is 254 g/mol. The molecule has 3 rings (SSSR count). The van der Waals surface area contributed by atoms with E-state index in [2.05, 4.69) is 13.0 Å². The van der Waals surface area contributed by atoms with Gasteiger partial charge in [-0.2, -0.15) is 0 Å². The second-order valence-electron chi connectivity index (χ2n) is 5.99. The summed E-state index contributed by atoms with van der Waals surface area (Å²) < 4.78 is 5.40. The average molecular weight is 273 g/mol. The number of aryl methyl sites for hydroxylation is 1. The Bertz CT molecular complexity index is 629. The molecule has 2 atom stereocenters. The minimum absolute atomic E-state index is 0.155. The van der Waals surface area contributed by atoms with Crippen LogP contribution in [0.4, 0.5) is 0 Å². The van der Waals surface area contributed by atoms with Gasteiger partial charge in [-0.1, -0.05) is 11.6 Å². The average Bonchev–Trinajstić information content (AvgIpc) is 2.79. The highest BCUT2D eigenvalue weighted by Crippen LogP contribution is 2.36. The van der Waals surface area contributed by atoms with Crippen molar-refractivity contribution in [3.8, 4) is 0 Å². The second kappa shape index (κ2) is 4.93. The van der Waals surface area contributed by atoms with Crippen molar-refractivity contribution in [3.63, 3.8) is 0 Å². The third kappa shape index (κ3) is 2.42. The maximum atomic E-state index is 12.5. The summed E-state index contributed by atoms with van der Waals surface area (Å²) in [5.41, 5.74) is 1.24. The molecule has 106 valence electrons. The standard InChI is InChI=1S/C16H19NO3/c1-10-3-4-12-8-17(9-13(12)5-10)16(19)15-7-14(18)6-11(2)20-15/h3,6-7,12-13H,4-5,8-9H2,1-2H3/t12-,13+/m1/s1. The summed E-state index contributed by atoms with van der Waals surface area (Å²) in [4.78, 5) is 25.8. The molecule has 0 unspecified atom stereocenters. The summed E-state index contributed by atoms with van der Waals surface area (Å²) in [5.74, 6) is 1.60. The molecule has 1 aliphatic heterocycles. The second-order valence-corrected chi connectivity index (χ2v) is 5.99. The zero-order valence-electron chi connectivity index (χ0n) is 11.9. The maximum absolute atomic E-state index is 12.5. The van der Waals surface area contributed by atoms with Crippen molar-refractivity contribution in [1.29, 1.82) is 0 Å². The minimum atomic E-state index is -0.175. The molecule has 0 radical (unpaired) electrons. The molecule has 4 nitrogen and oxygen atoms in total. The van der Waals surface area contributed by atoms with Crippen molar-refractivity contribution < 1.29 is 9.21 Å². The zero-order chi connectivity index (χ0) is 14.3. The molecule has 1 saturated heterocycles. The number of amides is 1. The molecule has 2 heterocycles. The van der Waals surface area contributed by atoms with Crippen LogP contribution >= 0.6 is 0 Å². The summed E-state index contributed by atoms with van der Waals surface area (Å²) in [7, 11) is 0. The largest absolute Gasteiger partial charge is 0.456 e. The van der Waals surface area contributed by atoms with Gasteiger partial charge in [0.05, 0.1) is 0 Å². The molecule has 1 amide bonds. The zero-order valence-corrected chi connectivity index (χ0v) is 11.9. The SMILES string of the molecule is CC1=CC[C@@H]2CN(C(=O)c3cc(=O)cc(C)o3)C[C@@H]2C1. The quantitative estimate of drug-likeness (QED) is 0.738. The van der Waals surface area contributed by atoms with E-state index in [0.717, 1.165) is 25.9 Å². The number of nitrogens with zero attached hydrogens (tertiary/aromatic N) is 1. The van der Waals surface area contributed by atoms with Gasteiger partial charge in [0.1, 0.15) is 5.76 Å². The highest BCUT2D eigenvalue weighted by atomic mass is 16.3. The molecule has 0 spiro atoms. The van der Waals surface area contributed by atoms with Crippen LogP contribution in [0.2, 0.25) is 0 Å². The van der Waals surface area contributed by atoms with Gasteiger partial charge in [0.2, 0.25) is 0 Å². The summed E-state index contributed by atoms with van der Waals surface area (Å²) >= 11 is 0. The molecular formula is C16H19NO3. The smallest absolute Gasteiger partial charge is 0.289 e. The predicted octanol–water partition coefficient (Wildman–Crippen LogP) is 2.38. The lowest BCUT2D eigenvalue weighted by Crippen LogP contribution is -2.29. The van der Waals surface area contributed by atoms with Gasteiger partial charge in [-0.3, -0.25) is 9.59 Å². The van der Waals surface area contributed by atoms with E-state index in [4.69, 9.17) is 4.42 Å². The van der Waals surface area contributed by atoms with E-state index < -0.39 is 0 Å². The monoisotopic (exact) mass is 273 g/mol. The molecule has 1 fully saturated rings. The Morgan fingerprint density at radius 2 is 2.00 bits per heavy atom. The number of carbonyl (C=O) groups is 1. The van der Waals surface area contributed by atoms with Crippen molar-refractivity contribution >= 4 is 5.91 Å². The molecule has 0 N–H and O–H groups in total. The van der Waals surface area contributed by atoms with Gasteiger partial charge < -0.3 is 9.32 Å². The molecule has 20 heavy (non-hydrogen) atoms. The molecule has 1 aromatic rings. The predicted molar refractivity (Wildman–Crippen MR) is 75.6 cm³/mol. The Morgan fingerprint density at radius 3 is 2.75 bits per heavy atom. The van der Waals surface area contributed by atoms with Crippen molar-refractivity contribution in [2.45, 2.75) is 26.7 Å². The van der Waals surface area contributed by atoms with E-state index in [9.17, 15) is 9.59 Å². The van der Waals surface area contributed by atoms with Crippen LogP contribution in [0.15, 0.2) is 33.0 Å². The van der Waals surface area contributed by atoms with Crippen LogP contribution in [0.5, 0.6) is 0 Å². The van der Waals surface area contributed by atoms with E-state index in [0.29, 0.717) is 17.6 Å². The topological polar surface area (TPSA) is 50.5 Å². The van der Waals surface area contributed by atoms with E-state index in [1.165, 1.54) is 17.7 Å². The summed E-state index contributed by atoms with van der Waals surface area (Å²) in [5, 5.41) is 0. The van der Waals surface area contributed by atoms with Gasteiger partial charge in [-0.15, -0.1) is 0 Å². The van der Waals surface area contributed by atoms with Gasteiger partial charge in [0.15, 0.2) is 11.2 Å². The van der Waals surface area contributed by atoms with Crippen LogP contribution in [0, 0.1) is 18.8 Å². The third-order valence-electron chi connectivity index (χ3n) is 4.32. The Balaban J connectivity index is 1.78. The van der Waals surface area contributed by atoms with Crippen molar-refractivity contribution in [3.05, 3.63) is 45.5 Å². The highest BCUT2D eigenvalue weighted by Gasteiger charge is 2.37. The van der Waals surface area contributed by atoms with E-state index in [1.807, 2.05) is 4.90 Å². The molecule has 0 aromatic carbocycles. The fraction of sp³-hybridized carbons (Fsp3) is 0.500. The maximum Gasteiger partial charge on any atom is 0.289 e. The van der Waals surface area contributed by atoms with Gasteiger partial charge in [-0.05, 0) is 38.5 Å². The van der Waals surface area contributed by atoms with E-state index in [1.54, 1.807) is 6.92 Å². The third-order valence-corrected chi connectivity index (χ3v) is 4.32. The Hall–Kier alpha value is -1.84. The molecule has 1 aromatic heterocycles. The van der Waals surface area contributed by atoms with Gasteiger partial charge in [-0.25, -0.2) is 0 Å². The summed E-state index contributed by atoms with van der Waals surface area (Å²) in [6, 6.07) is 2.69. The molecule has 0 bridgehead atoms. The first-order chi connectivity index (χ1) is 9.52. The number of hydrogen-bond donors (Lipinski definition) is 0. The fourth-order valence-corrected chi connectivity index (χ4v) is 3.32. The number of carbonyl (C=O) groups excluding carboxylic acids is 1. The van der Waals surface area contributed by atoms with Crippen LogP contribution < -0.4 is 5.43 Å². The van der Waals surface area contributed by atoms with Crippen molar-refractivity contribution in [2.24, 2.45) is 11.8 Å². The molecule has 2 aliphatic rings.